The van der Waals surface area contributed by atoms with Crippen LogP contribution >= 0.6 is 0 Å². The lowest BCUT2D eigenvalue weighted by Gasteiger charge is -2.01. The molecule has 0 spiro atoms. The molecule has 1 rings (SSSR count). The van der Waals surface area contributed by atoms with E-state index in [1.54, 1.807) is 6.20 Å². The molecule has 1 unspecified atom stereocenters. The molecule has 64 valence electrons. The molecule has 0 aliphatic rings. The molecule has 1 heterocycles. The Balaban J connectivity index is 2.58. The van der Waals surface area contributed by atoms with E-state index in [4.69, 9.17) is 0 Å². The Morgan fingerprint density at radius 3 is 3.00 bits per heavy atom. The molecule has 2 heteroatoms. The zero-order valence-corrected chi connectivity index (χ0v) is 7.49. The highest BCUT2D eigenvalue weighted by molar-refractivity contribution is 5.47. The van der Waals surface area contributed by atoms with E-state index in [0.29, 0.717) is 6.04 Å². The van der Waals surface area contributed by atoms with E-state index >= 15 is 0 Å². The summed E-state index contributed by atoms with van der Waals surface area (Å²) in [6.07, 6.45) is 7.79. The molecule has 1 aromatic rings. The monoisotopic (exact) mass is 162 g/mol. The Labute approximate surface area is 73.3 Å². The molecule has 0 radical (unpaired) electrons. The Morgan fingerprint density at radius 2 is 2.42 bits per heavy atom. The highest BCUT2D eigenvalue weighted by Gasteiger charge is 1.89. The summed E-state index contributed by atoms with van der Waals surface area (Å²) in [6, 6.07) is 4.38. The van der Waals surface area contributed by atoms with Crippen molar-refractivity contribution in [2.24, 2.45) is 0 Å². The van der Waals surface area contributed by atoms with Crippen LogP contribution in [0.1, 0.15) is 12.5 Å². The summed E-state index contributed by atoms with van der Waals surface area (Å²) in [5.74, 6) is 0. The fourth-order valence-corrected chi connectivity index (χ4v) is 0.826. The van der Waals surface area contributed by atoms with E-state index in [9.17, 15) is 0 Å². The van der Waals surface area contributed by atoms with Crippen molar-refractivity contribution in [3.8, 4) is 0 Å². The van der Waals surface area contributed by atoms with Crippen molar-refractivity contribution in [3.63, 3.8) is 0 Å². The Morgan fingerprint density at radius 1 is 1.58 bits per heavy atom. The highest BCUT2D eigenvalue weighted by Crippen LogP contribution is 1.99. The summed E-state index contributed by atoms with van der Waals surface area (Å²) in [5, 5.41) is 3.13. The quantitative estimate of drug-likeness (QED) is 0.731. The number of likely N-dealkylation sites (N-methyl/N-ethyl adjacent to an activating group) is 1. The van der Waals surface area contributed by atoms with E-state index in [-0.39, 0.29) is 0 Å². The SMILES string of the molecule is CNC(C)/C=C/c1cccnc1. The molecule has 0 aliphatic heterocycles. The number of nitrogens with zero attached hydrogens (tertiary/aromatic N) is 1. The van der Waals surface area contributed by atoms with Gasteiger partial charge >= 0.3 is 0 Å². The van der Waals surface area contributed by atoms with E-state index in [1.807, 2.05) is 25.4 Å². The molecule has 2 nitrogen and oxygen atoms in total. The van der Waals surface area contributed by atoms with Gasteiger partial charge < -0.3 is 5.32 Å². The Bertz CT molecular complexity index is 241. The minimum atomic E-state index is 0.408. The van der Waals surface area contributed by atoms with E-state index in [1.165, 1.54) is 0 Å². The minimum Gasteiger partial charge on any atom is -0.314 e. The summed E-state index contributed by atoms with van der Waals surface area (Å²) in [6.45, 7) is 2.10. The average molecular weight is 162 g/mol. The van der Waals surface area contributed by atoms with E-state index < -0.39 is 0 Å². The Kier molecular flexibility index (Phi) is 3.48. The second-order valence-corrected chi connectivity index (χ2v) is 2.72. The summed E-state index contributed by atoms with van der Waals surface area (Å²) in [7, 11) is 1.94. The van der Waals surface area contributed by atoms with Crippen LogP contribution in [0.4, 0.5) is 0 Å². The third-order valence-electron chi connectivity index (χ3n) is 1.72. The molecule has 0 fully saturated rings. The molecule has 0 saturated heterocycles. The van der Waals surface area contributed by atoms with Crippen molar-refractivity contribution in [2.75, 3.05) is 7.05 Å². The first-order valence-corrected chi connectivity index (χ1v) is 4.08. The number of rotatable bonds is 3. The lowest BCUT2D eigenvalue weighted by molar-refractivity contribution is 0.731. The topological polar surface area (TPSA) is 24.9 Å². The molecule has 0 bridgehead atoms. The van der Waals surface area contributed by atoms with E-state index in [2.05, 4.69) is 29.4 Å². The predicted molar refractivity (Wildman–Crippen MR) is 51.8 cm³/mol. The van der Waals surface area contributed by atoms with Crippen LogP contribution < -0.4 is 5.32 Å². The van der Waals surface area contributed by atoms with Crippen molar-refractivity contribution in [2.45, 2.75) is 13.0 Å². The average Bonchev–Trinajstić information content (AvgIpc) is 2.16. The standard InChI is InChI=1S/C10H14N2/c1-9(11-2)5-6-10-4-3-7-12-8-10/h3-9,11H,1-2H3/b6-5+. The third-order valence-corrected chi connectivity index (χ3v) is 1.72. The predicted octanol–water partition coefficient (Wildman–Crippen LogP) is 1.70. The van der Waals surface area contributed by atoms with Crippen molar-refractivity contribution in [3.05, 3.63) is 36.2 Å². The first-order valence-electron chi connectivity index (χ1n) is 4.08. The van der Waals surface area contributed by atoms with Gasteiger partial charge in [-0.1, -0.05) is 18.2 Å². The van der Waals surface area contributed by atoms with Crippen molar-refractivity contribution in [1.29, 1.82) is 0 Å². The molecular weight excluding hydrogens is 148 g/mol. The van der Waals surface area contributed by atoms with Crippen LogP contribution in [0, 0.1) is 0 Å². The van der Waals surface area contributed by atoms with Gasteiger partial charge in [-0.3, -0.25) is 4.98 Å². The van der Waals surface area contributed by atoms with Crippen molar-refractivity contribution >= 4 is 6.08 Å². The lowest BCUT2D eigenvalue weighted by Crippen LogP contribution is -2.17. The summed E-state index contributed by atoms with van der Waals surface area (Å²) >= 11 is 0. The molecule has 1 atom stereocenters. The van der Waals surface area contributed by atoms with Crippen LogP contribution in [-0.2, 0) is 0 Å². The van der Waals surface area contributed by atoms with Gasteiger partial charge in [0.05, 0.1) is 0 Å². The number of aromatic nitrogens is 1. The maximum atomic E-state index is 4.02. The van der Waals surface area contributed by atoms with Gasteiger partial charge in [0, 0.05) is 18.4 Å². The summed E-state index contributed by atoms with van der Waals surface area (Å²) in [4.78, 5) is 4.02. The van der Waals surface area contributed by atoms with Gasteiger partial charge in [-0.2, -0.15) is 0 Å². The van der Waals surface area contributed by atoms with Crippen LogP contribution in [-0.4, -0.2) is 18.1 Å². The fraction of sp³-hybridized carbons (Fsp3) is 0.300. The van der Waals surface area contributed by atoms with Crippen LogP contribution in [0.15, 0.2) is 30.6 Å². The zero-order valence-electron chi connectivity index (χ0n) is 7.49. The number of hydrogen-bond acceptors (Lipinski definition) is 2. The Hall–Kier alpha value is -1.15. The van der Waals surface area contributed by atoms with Gasteiger partial charge in [-0.05, 0) is 25.6 Å². The van der Waals surface area contributed by atoms with Crippen LogP contribution in [0.3, 0.4) is 0 Å². The zero-order chi connectivity index (χ0) is 8.81. The second-order valence-electron chi connectivity index (χ2n) is 2.72. The lowest BCUT2D eigenvalue weighted by atomic mass is 10.2. The fourth-order valence-electron chi connectivity index (χ4n) is 0.826. The molecule has 12 heavy (non-hydrogen) atoms. The summed E-state index contributed by atoms with van der Waals surface area (Å²) in [5.41, 5.74) is 1.14. The summed E-state index contributed by atoms with van der Waals surface area (Å²) < 4.78 is 0. The van der Waals surface area contributed by atoms with Crippen molar-refractivity contribution < 1.29 is 0 Å². The number of nitrogens with one attached hydrogen (secondary N) is 1. The normalized spacial score (nSPS) is 13.5. The maximum absolute atomic E-state index is 4.02. The number of pyridine rings is 1. The van der Waals surface area contributed by atoms with E-state index in [0.717, 1.165) is 5.56 Å². The maximum Gasteiger partial charge on any atom is 0.0340 e. The van der Waals surface area contributed by atoms with Gasteiger partial charge in [0.1, 0.15) is 0 Å². The molecule has 0 amide bonds. The van der Waals surface area contributed by atoms with Gasteiger partial charge in [0.15, 0.2) is 0 Å². The molecule has 1 N–H and O–H groups in total. The second kappa shape index (κ2) is 4.67. The largest absolute Gasteiger partial charge is 0.314 e. The molecule has 1 aromatic heterocycles. The van der Waals surface area contributed by atoms with Gasteiger partial charge in [-0.15, -0.1) is 0 Å². The third kappa shape index (κ3) is 2.84. The first kappa shape index (κ1) is 8.94. The molecular formula is C10H14N2. The van der Waals surface area contributed by atoms with Crippen LogP contribution in [0.5, 0.6) is 0 Å². The van der Waals surface area contributed by atoms with Crippen LogP contribution in [0.25, 0.3) is 6.08 Å². The minimum absolute atomic E-state index is 0.408. The highest BCUT2D eigenvalue weighted by atomic mass is 14.8. The molecule has 0 aliphatic carbocycles. The first-order chi connectivity index (χ1) is 5.83. The molecule has 0 aromatic carbocycles. The van der Waals surface area contributed by atoms with Crippen LogP contribution in [0.2, 0.25) is 0 Å². The molecule has 0 saturated carbocycles. The van der Waals surface area contributed by atoms with Gasteiger partial charge in [0.2, 0.25) is 0 Å². The van der Waals surface area contributed by atoms with Crippen molar-refractivity contribution in [1.82, 2.24) is 10.3 Å². The number of hydrogen-bond donors (Lipinski definition) is 1. The van der Waals surface area contributed by atoms with Gasteiger partial charge in [0.25, 0.3) is 0 Å². The van der Waals surface area contributed by atoms with Gasteiger partial charge in [-0.25, -0.2) is 0 Å². The smallest absolute Gasteiger partial charge is 0.0340 e.